The fraction of sp³-hybridized carbons (Fsp3) is 0.517. The smallest absolute Gasteiger partial charge is 0.227 e. The molecule has 4 fully saturated rings. The van der Waals surface area contributed by atoms with Crippen LogP contribution >= 0.6 is 0 Å². The summed E-state index contributed by atoms with van der Waals surface area (Å²) in [5, 5.41) is 3.16. The number of anilines is 1. The molecule has 33 heavy (non-hydrogen) atoms. The molecule has 4 heteroatoms. The Kier molecular flexibility index (Phi) is 5.08. The molecule has 4 aliphatic rings. The molecule has 4 nitrogen and oxygen atoms in total. The monoisotopic (exact) mass is 442 g/mol. The molecule has 7 rings (SSSR count). The summed E-state index contributed by atoms with van der Waals surface area (Å²) in [6.45, 7) is 4.44. The first-order valence-electron chi connectivity index (χ1n) is 12.8. The van der Waals surface area contributed by atoms with Gasteiger partial charge >= 0.3 is 0 Å². The Hall–Kier alpha value is -2.62. The number of hydrogen-bond acceptors (Lipinski definition) is 3. The van der Waals surface area contributed by atoms with Gasteiger partial charge in [-0.25, -0.2) is 4.98 Å². The van der Waals surface area contributed by atoms with Gasteiger partial charge in [0.1, 0.15) is 5.52 Å². The topological polar surface area (TPSA) is 55.1 Å². The summed E-state index contributed by atoms with van der Waals surface area (Å²) < 4.78 is 6.00. The number of carbonyl (C=O) groups is 1. The molecule has 172 valence electrons. The van der Waals surface area contributed by atoms with Crippen LogP contribution < -0.4 is 5.32 Å². The first-order chi connectivity index (χ1) is 16.0. The van der Waals surface area contributed by atoms with E-state index in [4.69, 9.17) is 9.40 Å². The number of rotatable bonds is 6. The molecule has 0 aliphatic heterocycles. The highest BCUT2D eigenvalue weighted by atomic mass is 16.3. The van der Waals surface area contributed by atoms with Crippen molar-refractivity contribution in [1.82, 2.24) is 4.98 Å². The number of oxazole rings is 1. The Bertz CT molecular complexity index is 1140. The minimum atomic E-state index is 0.170. The molecule has 1 heterocycles. The summed E-state index contributed by atoms with van der Waals surface area (Å²) >= 11 is 0. The van der Waals surface area contributed by atoms with Crippen LogP contribution in [0.5, 0.6) is 0 Å². The maximum absolute atomic E-state index is 12.9. The number of amides is 1. The number of hydrogen-bond donors (Lipinski definition) is 1. The maximum atomic E-state index is 12.9. The molecule has 1 unspecified atom stereocenters. The lowest BCUT2D eigenvalue weighted by Crippen LogP contribution is -2.47. The van der Waals surface area contributed by atoms with Crippen molar-refractivity contribution < 1.29 is 9.21 Å². The third-order valence-electron chi connectivity index (χ3n) is 8.71. The molecule has 0 spiro atoms. The summed E-state index contributed by atoms with van der Waals surface area (Å²) in [6, 6.07) is 14.2. The van der Waals surface area contributed by atoms with E-state index in [1.54, 1.807) is 0 Å². The number of nitrogens with one attached hydrogen (secondary N) is 1. The van der Waals surface area contributed by atoms with Gasteiger partial charge in [-0.15, -0.1) is 0 Å². The van der Waals surface area contributed by atoms with Crippen molar-refractivity contribution in [2.45, 2.75) is 71.1 Å². The number of fused-ring (bicyclic) bond motifs is 1. The van der Waals surface area contributed by atoms with E-state index < -0.39 is 0 Å². The SMILES string of the molecule is CCC(C)c1ccc2oc(-c3ccc(NC(=O)CC45CC6CC(CC(C6)C4)C5)cc3)nc2c1. The standard InChI is InChI=1S/C29H34N2O2/c1-3-18(2)23-6-9-26-25(13-23)31-28(33-26)22-4-7-24(8-5-22)30-27(32)17-29-14-19-10-20(15-29)12-21(11-19)16-29/h4-9,13,18-21H,3,10-12,14-17H2,1-2H3,(H,30,32). The minimum absolute atomic E-state index is 0.170. The zero-order valence-electron chi connectivity index (χ0n) is 19.8. The molecule has 4 saturated carbocycles. The average Bonchev–Trinajstić information content (AvgIpc) is 3.21. The normalized spacial score (nSPS) is 28.8. The van der Waals surface area contributed by atoms with E-state index in [-0.39, 0.29) is 11.3 Å². The highest BCUT2D eigenvalue weighted by Gasteiger charge is 2.51. The van der Waals surface area contributed by atoms with Gasteiger partial charge < -0.3 is 9.73 Å². The van der Waals surface area contributed by atoms with E-state index in [0.717, 1.165) is 46.5 Å². The van der Waals surface area contributed by atoms with Crippen molar-refractivity contribution in [3.05, 3.63) is 48.0 Å². The van der Waals surface area contributed by atoms with Crippen LogP contribution in [0.15, 0.2) is 46.9 Å². The van der Waals surface area contributed by atoms with Gasteiger partial charge in [-0.1, -0.05) is 19.9 Å². The summed E-state index contributed by atoms with van der Waals surface area (Å²) in [7, 11) is 0. The zero-order valence-corrected chi connectivity index (χ0v) is 19.8. The lowest BCUT2D eigenvalue weighted by Gasteiger charge is -2.56. The van der Waals surface area contributed by atoms with Crippen LogP contribution in [0.2, 0.25) is 0 Å². The molecule has 0 radical (unpaired) electrons. The lowest BCUT2D eigenvalue weighted by molar-refractivity contribution is -0.124. The number of carbonyl (C=O) groups excluding carboxylic acids is 1. The highest BCUT2D eigenvalue weighted by Crippen LogP contribution is 2.61. The van der Waals surface area contributed by atoms with Gasteiger partial charge in [0.25, 0.3) is 0 Å². The lowest BCUT2D eigenvalue weighted by atomic mass is 9.49. The van der Waals surface area contributed by atoms with Gasteiger partial charge in [0.2, 0.25) is 11.8 Å². The second-order valence-electron chi connectivity index (χ2n) is 11.3. The molecule has 0 saturated heterocycles. The van der Waals surface area contributed by atoms with Crippen molar-refractivity contribution in [2.75, 3.05) is 5.32 Å². The van der Waals surface area contributed by atoms with Gasteiger partial charge in [0, 0.05) is 17.7 Å². The van der Waals surface area contributed by atoms with Crippen LogP contribution in [0.1, 0.15) is 76.7 Å². The van der Waals surface area contributed by atoms with Crippen LogP contribution in [-0.2, 0) is 4.79 Å². The molecule has 1 amide bonds. The van der Waals surface area contributed by atoms with Crippen LogP contribution in [0.25, 0.3) is 22.6 Å². The Morgan fingerprint density at radius 1 is 1.06 bits per heavy atom. The van der Waals surface area contributed by atoms with E-state index >= 15 is 0 Å². The van der Waals surface area contributed by atoms with Crippen LogP contribution in [0.3, 0.4) is 0 Å². The summed E-state index contributed by atoms with van der Waals surface area (Å²) in [5.74, 6) is 3.93. The van der Waals surface area contributed by atoms with E-state index in [9.17, 15) is 4.79 Å². The summed E-state index contributed by atoms with van der Waals surface area (Å²) in [4.78, 5) is 17.7. The summed E-state index contributed by atoms with van der Waals surface area (Å²) in [6.07, 6.45) is 9.82. The van der Waals surface area contributed by atoms with Crippen molar-refractivity contribution in [2.24, 2.45) is 23.2 Å². The predicted molar refractivity (Wildman–Crippen MR) is 132 cm³/mol. The molecular formula is C29H34N2O2. The van der Waals surface area contributed by atoms with Crippen LogP contribution in [0, 0.1) is 23.2 Å². The molecule has 1 atom stereocenters. The van der Waals surface area contributed by atoms with Gasteiger partial charge in [-0.05, 0) is 116 Å². The third kappa shape index (κ3) is 3.98. The Morgan fingerprint density at radius 2 is 1.73 bits per heavy atom. The van der Waals surface area contributed by atoms with Crippen molar-refractivity contribution in [3.63, 3.8) is 0 Å². The highest BCUT2D eigenvalue weighted by molar-refractivity contribution is 5.91. The second-order valence-corrected chi connectivity index (χ2v) is 11.3. The van der Waals surface area contributed by atoms with Crippen molar-refractivity contribution >= 4 is 22.7 Å². The predicted octanol–water partition coefficient (Wildman–Crippen LogP) is 7.55. The molecule has 2 aromatic carbocycles. The molecule has 4 aliphatic carbocycles. The fourth-order valence-corrected chi connectivity index (χ4v) is 7.36. The van der Waals surface area contributed by atoms with Gasteiger partial charge in [0.15, 0.2) is 5.58 Å². The van der Waals surface area contributed by atoms with Crippen LogP contribution in [0.4, 0.5) is 5.69 Å². The van der Waals surface area contributed by atoms with E-state index in [0.29, 0.717) is 18.2 Å². The number of aromatic nitrogens is 1. The van der Waals surface area contributed by atoms with Crippen molar-refractivity contribution in [1.29, 1.82) is 0 Å². The van der Waals surface area contributed by atoms with Gasteiger partial charge in [-0.2, -0.15) is 0 Å². The fourth-order valence-electron chi connectivity index (χ4n) is 7.36. The maximum Gasteiger partial charge on any atom is 0.227 e. The summed E-state index contributed by atoms with van der Waals surface area (Å²) in [5.41, 5.74) is 5.05. The van der Waals surface area contributed by atoms with E-state index in [1.165, 1.54) is 44.1 Å². The largest absolute Gasteiger partial charge is 0.436 e. The first kappa shape index (κ1) is 20.9. The quantitative estimate of drug-likeness (QED) is 0.429. The number of benzene rings is 2. The van der Waals surface area contributed by atoms with Crippen molar-refractivity contribution in [3.8, 4) is 11.5 Å². The number of nitrogens with zero attached hydrogens (tertiary/aromatic N) is 1. The molecular weight excluding hydrogens is 408 g/mol. The third-order valence-corrected chi connectivity index (χ3v) is 8.71. The van der Waals surface area contributed by atoms with E-state index in [1.807, 2.05) is 30.3 Å². The zero-order chi connectivity index (χ0) is 22.6. The van der Waals surface area contributed by atoms with Crippen LogP contribution in [-0.4, -0.2) is 10.9 Å². The average molecular weight is 443 g/mol. The molecule has 1 N–H and O–H groups in total. The second kappa shape index (κ2) is 8.00. The first-order valence-corrected chi connectivity index (χ1v) is 12.8. The van der Waals surface area contributed by atoms with Gasteiger partial charge in [0.05, 0.1) is 0 Å². The Morgan fingerprint density at radius 3 is 2.36 bits per heavy atom. The van der Waals surface area contributed by atoms with Gasteiger partial charge in [-0.3, -0.25) is 4.79 Å². The minimum Gasteiger partial charge on any atom is -0.436 e. The molecule has 1 aromatic heterocycles. The Labute approximate surface area is 196 Å². The van der Waals surface area contributed by atoms with E-state index in [2.05, 4.69) is 31.3 Å². The molecule has 4 bridgehead atoms. The Balaban J connectivity index is 1.14. The molecule has 3 aromatic rings.